The van der Waals surface area contributed by atoms with E-state index in [2.05, 4.69) is 5.32 Å². The summed E-state index contributed by atoms with van der Waals surface area (Å²) >= 11 is 0. The molecular weight excluding hydrogens is 560 g/mol. The van der Waals surface area contributed by atoms with Crippen molar-refractivity contribution in [3.8, 4) is 11.5 Å². The van der Waals surface area contributed by atoms with Crippen LogP contribution in [0.2, 0.25) is 0 Å². The summed E-state index contributed by atoms with van der Waals surface area (Å²) in [5.41, 5.74) is 3.19. The Morgan fingerprint density at radius 3 is 2.55 bits per heavy atom. The van der Waals surface area contributed by atoms with Crippen molar-refractivity contribution >= 4 is 17.8 Å². The summed E-state index contributed by atoms with van der Waals surface area (Å²) in [7, 11) is 1.62. The molecule has 0 radical (unpaired) electrons. The molecule has 2 fully saturated rings. The molecule has 232 valence electrons. The average Bonchev–Trinajstić information content (AvgIpc) is 3.53. The first-order chi connectivity index (χ1) is 20.9. The van der Waals surface area contributed by atoms with Gasteiger partial charge in [0.25, 0.3) is 0 Å². The Kier molecular flexibility index (Phi) is 7.68. The highest BCUT2D eigenvalue weighted by Crippen LogP contribution is 2.48. The van der Waals surface area contributed by atoms with Crippen molar-refractivity contribution in [2.75, 3.05) is 7.11 Å². The molecule has 1 amide bonds. The second-order valence-corrected chi connectivity index (χ2v) is 13.2. The molecule has 3 aliphatic heterocycles. The van der Waals surface area contributed by atoms with Gasteiger partial charge in [0, 0.05) is 47.7 Å². The number of carbonyl (C=O) groups excluding carboxylic acids is 3. The van der Waals surface area contributed by atoms with Gasteiger partial charge in [-0.2, -0.15) is 0 Å². The third kappa shape index (κ3) is 5.44. The molecule has 9 nitrogen and oxygen atoms in total. The number of hydrogen-bond acceptors (Lipinski definition) is 8. The molecule has 3 heterocycles. The van der Waals surface area contributed by atoms with E-state index in [0.717, 1.165) is 29.9 Å². The van der Waals surface area contributed by atoms with Crippen molar-refractivity contribution in [3.05, 3.63) is 82.2 Å². The van der Waals surface area contributed by atoms with Crippen LogP contribution in [0, 0.1) is 0 Å². The Morgan fingerprint density at radius 1 is 1.05 bits per heavy atom. The van der Waals surface area contributed by atoms with Crippen LogP contribution in [0.5, 0.6) is 11.5 Å². The number of fused-ring (bicyclic) bond motifs is 2. The Labute approximate surface area is 257 Å². The maximum absolute atomic E-state index is 14.1. The van der Waals surface area contributed by atoms with E-state index >= 15 is 0 Å². The Bertz CT molecular complexity index is 1570. The largest absolute Gasteiger partial charge is 0.508 e. The van der Waals surface area contributed by atoms with Gasteiger partial charge in [-0.25, -0.2) is 9.59 Å². The van der Waals surface area contributed by atoms with Crippen LogP contribution in [-0.4, -0.2) is 58.8 Å². The zero-order chi connectivity index (χ0) is 31.3. The molecule has 2 aromatic carbocycles. The van der Waals surface area contributed by atoms with Gasteiger partial charge in [0.1, 0.15) is 23.2 Å². The highest BCUT2D eigenvalue weighted by Gasteiger charge is 2.52. The lowest BCUT2D eigenvalue weighted by molar-refractivity contribution is -0.146. The average molecular weight is 601 g/mol. The van der Waals surface area contributed by atoms with Gasteiger partial charge in [0.05, 0.1) is 18.7 Å². The van der Waals surface area contributed by atoms with Gasteiger partial charge >= 0.3 is 12.1 Å². The lowest BCUT2D eigenvalue weighted by atomic mass is 9.71. The lowest BCUT2D eigenvalue weighted by Gasteiger charge is -2.37. The third-order valence-corrected chi connectivity index (χ3v) is 9.17. The first-order valence-electron chi connectivity index (χ1n) is 15.3. The molecule has 2 bridgehead atoms. The molecule has 2 saturated heterocycles. The number of para-hydroxylation sites is 1. The van der Waals surface area contributed by atoms with Crippen molar-refractivity contribution in [1.82, 2.24) is 10.2 Å². The molecular formula is C35H40N2O7. The number of carbonyl (C=O) groups is 3. The van der Waals surface area contributed by atoms with Gasteiger partial charge in [-0.1, -0.05) is 30.3 Å². The predicted octanol–water partition coefficient (Wildman–Crippen LogP) is 5.85. The Balaban J connectivity index is 1.31. The number of rotatable bonds is 5. The zero-order valence-corrected chi connectivity index (χ0v) is 25.9. The summed E-state index contributed by atoms with van der Waals surface area (Å²) in [6.45, 7) is 7.32. The number of phenols is 1. The summed E-state index contributed by atoms with van der Waals surface area (Å²) in [5, 5.41) is 13.8. The molecule has 6 rings (SSSR count). The second-order valence-electron chi connectivity index (χ2n) is 13.2. The molecule has 9 heteroatoms. The minimum Gasteiger partial charge on any atom is -0.508 e. The fourth-order valence-electron chi connectivity index (χ4n) is 7.43. The summed E-state index contributed by atoms with van der Waals surface area (Å²) in [4.78, 5) is 42.8. The second kappa shape index (κ2) is 11.3. The van der Waals surface area contributed by atoms with Crippen molar-refractivity contribution in [2.24, 2.45) is 0 Å². The predicted molar refractivity (Wildman–Crippen MR) is 163 cm³/mol. The highest BCUT2D eigenvalue weighted by atomic mass is 16.6. The monoisotopic (exact) mass is 600 g/mol. The fourth-order valence-corrected chi connectivity index (χ4v) is 7.43. The third-order valence-electron chi connectivity index (χ3n) is 9.17. The standard InChI is InChI=1S/C35H40N2O7/c1-19-30(33(40)43-29-18-22-13-14-26(29)37(22)34(41)44-35(2,3)4)31(20-9-8-10-23(38)15-20)32-25(36-19)16-21(17-27(32)39)24-11-6-7-12-28(24)42-5/h6-12,15,21-22,26,29,31,36,38H,13-14,16-18H2,1-5H3/t21-,22-,26+,29-,31-/m1/s1. The Morgan fingerprint density at radius 2 is 1.82 bits per heavy atom. The fraction of sp³-hybridized carbons (Fsp3) is 0.457. The van der Waals surface area contributed by atoms with E-state index in [9.17, 15) is 19.5 Å². The zero-order valence-electron chi connectivity index (χ0n) is 25.9. The quantitative estimate of drug-likeness (QED) is 0.411. The normalized spacial score (nSPS) is 26.3. The number of benzene rings is 2. The number of esters is 1. The van der Waals surface area contributed by atoms with Gasteiger partial charge < -0.3 is 24.6 Å². The number of dihydropyridines is 1. The molecule has 0 unspecified atom stereocenters. The smallest absolute Gasteiger partial charge is 0.410 e. The molecule has 2 N–H and O–H groups in total. The number of aromatic hydroxyl groups is 1. The lowest BCUT2D eigenvalue weighted by Crippen LogP contribution is -2.42. The molecule has 44 heavy (non-hydrogen) atoms. The highest BCUT2D eigenvalue weighted by molar-refractivity contribution is 6.04. The first kappa shape index (κ1) is 29.8. The summed E-state index contributed by atoms with van der Waals surface area (Å²) in [6.07, 6.45) is 2.06. The van der Waals surface area contributed by atoms with Crippen LogP contribution in [0.1, 0.15) is 82.8 Å². The number of nitrogens with one attached hydrogen (secondary N) is 1. The maximum atomic E-state index is 14.1. The van der Waals surface area contributed by atoms with Gasteiger partial charge in [-0.15, -0.1) is 0 Å². The number of nitrogens with zero attached hydrogens (tertiary/aromatic N) is 1. The first-order valence-corrected chi connectivity index (χ1v) is 15.3. The molecule has 5 atom stereocenters. The van der Waals surface area contributed by atoms with Crippen molar-refractivity contribution in [1.29, 1.82) is 0 Å². The van der Waals surface area contributed by atoms with Crippen molar-refractivity contribution in [2.45, 2.75) is 95.4 Å². The molecule has 1 aliphatic carbocycles. The van der Waals surface area contributed by atoms with Crippen LogP contribution in [0.15, 0.2) is 71.1 Å². The maximum Gasteiger partial charge on any atom is 0.410 e. The van der Waals surface area contributed by atoms with E-state index in [-0.39, 0.29) is 42.0 Å². The number of ketones is 1. The van der Waals surface area contributed by atoms with Crippen LogP contribution < -0.4 is 10.1 Å². The summed E-state index contributed by atoms with van der Waals surface area (Å²) < 4.78 is 17.4. The van der Waals surface area contributed by atoms with Crippen LogP contribution in [0.4, 0.5) is 4.79 Å². The topological polar surface area (TPSA) is 114 Å². The minimum absolute atomic E-state index is 0.0461. The van der Waals surface area contributed by atoms with Crippen LogP contribution in [0.3, 0.4) is 0 Å². The van der Waals surface area contributed by atoms with Gasteiger partial charge in [-0.05, 0) is 76.3 Å². The van der Waals surface area contributed by atoms with Gasteiger partial charge in [0.15, 0.2) is 5.78 Å². The van der Waals surface area contributed by atoms with E-state index in [0.29, 0.717) is 35.2 Å². The van der Waals surface area contributed by atoms with E-state index in [1.54, 1.807) is 30.2 Å². The number of methoxy groups -OCH3 is 1. The van der Waals surface area contributed by atoms with Gasteiger partial charge in [-0.3, -0.25) is 9.69 Å². The number of hydrogen-bond donors (Lipinski definition) is 2. The molecule has 0 saturated carbocycles. The number of allylic oxidation sites excluding steroid dienone is 3. The summed E-state index contributed by atoms with van der Waals surface area (Å²) in [5.74, 6) is -0.628. The van der Waals surface area contributed by atoms with E-state index in [1.807, 2.05) is 58.0 Å². The minimum atomic E-state index is -0.711. The van der Waals surface area contributed by atoms with E-state index in [4.69, 9.17) is 14.2 Å². The van der Waals surface area contributed by atoms with Crippen molar-refractivity contribution in [3.63, 3.8) is 0 Å². The van der Waals surface area contributed by atoms with E-state index < -0.39 is 23.6 Å². The number of Topliss-reactive ketones (excluding diaryl/α,β-unsaturated/α-hetero) is 1. The number of ether oxygens (including phenoxy) is 3. The SMILES string of the molecule is COc1ccccc1[C@H]1CC(=O)C2=C(C1)NC(C)=C(C(=O)O[C@@H]1C[C@H]3CC[C@@H]1N3C(=O)OC(C)(C)C)[C@H]2c1cccc(O)c1. The van der Waals surface area contributed by atoms with Crippen molar-refractivity contribution < 1.29 is 33.7 Å². The molecule has 0 aromatic heterocycles. The molecule has 4 aliphatic rings. The number of phenolic OH excluding ortho intramolecular Hbond substituents is 1. The van der Waals surface area contributed by atoms with Crippen LogP contribution in [-0.2, 0) is 19.1 Å². The summed E-state index contributed by atoms with van der Waals surface area (Å²) in [6, 6.07) is 14.1. The molecule has 0 spiro atoms. The van der Waals surface area contributed by atoms with Crippen LogP contribution >= 0.6 is 0 Å². The Hall–Kier alpha value is -4.27. The van der Waals surface area contributed by atoms with E-state index in [1.165, 1.54) is 0 Å². The number of amides is 1. The van der Waals surface area contributed by atoms with Gasteiger partial charge in [0.2, 0.25) is 0 Å². The van der Waals surface area contributed by atoms with Crippen LogP contribution in [0.25, 0.3) is 0 Å². The molecule has 2 aromatic rings.